The molecule has 0 saturated carbocycles. The van der Waals surface area contributed by atoms with Crippen molar-refractivity contribution in [1.82, 2.24) is 0 Å². The number of rotatable bonds is 3. The molecule has 1 nitrogen and oxygen atoms in total. The number of benzene rings is 3. The quantitative estimate of drug-likeness (QED) is 0.388. The summed E-state index contributed by atoms with van der Waals surface area (Å²) in [6.07, 6.45) is 0. The molecule has 0 fully saturated rings. The summed E-state index contributed by atoms with van der Waals surface area (Å²) in [5, 5.41) is 2.88. The zero-order valence-corrected chi connectivity index (χ0v) is 22.2. The summed E-state index contributed by atoms with van der Waals surface area (Å²) >= 11 is 0. The van der Waals surface area contributed by atoms with Crippen molar-refractivity contribution in [3.8, 4) is 0 Å². The molecule has 2 heteroatoms. The molecule has 0 radical (unpaired) electrons. The van der Waals surface area contributed by atoms with Crippen LogP contribution in [0.15, 0.2) is 72.8 Å². The van der Waals surface area contributed by atoms with E-state index >= 15 is 4.57 Å². The van der Waals surface area contributed by atoms with Crippen molar-refractivity contribution in [1.29, 1.82) is 0 Å². The summed E-state index contributed by atoms with van der Waals surface area (Å²) in [5.41, 5.74) is 3.07. The molecule has 0 aliphatic rings. The predicted molar refractivity (Wildman–Crippen MR) is 142 cm³/mol. The van der Waals surface area contributed by atoms with Crippen LogP contribution in [0, 0.1) is 0 Å². The minimum Gasteiger partial charge on any atom is -0.309 e. The molecule has 0 spiro atoms. The Bertz CT molecular complexity index is 1000. The Morgan fingerprint density at radius 3 is 0.875 bits per heavy atom. The van der Waals surface area contributed by atoms with Crippen LogP contribution in [-0.4, -0.2) is 0 Å². The summed E-state index contributed by atoms with van der Waals surface area (Å²) in [7, 11) is -3.18. The van der Waals surface area contributed by atoms with Crippen LogP contribution in [0.1, 0.15) is 79.0 Å². The third-order valence-electron chi connectivity index (χ3n) is 6.15. The molecule has 0 heterocycles. The van der Waals surface area contributed by atoms with Crippen LogP contribution in [0.4, 0.5) is 0 Å². The van der Waals surface area contributed by atoms with Crippen LogP contribution in [-0.2, 0) is 20.8 Å². The van der Waals surface area contributed by atoms with Crippen molar-refractivity contribution in [3.63, 3.8) is 0 Å². The highest BCUT2D eigenvalue weighted by Gasteiger charge is 2.40. The summed E-state index contributed by atoms with van der Waals surface area (Å²) < 4.78 is 15.8. The first kappa shape index (κ1) is 24.5. The van der Waals surface area contributed by atoms with Crippen molar-refractivity contribution in [3.05, 3.63) is 89.5 Å². The average molecular weight is 447 g/mol. The molecule has 0 amide bonds. The minimum atomic E-state index is -3.18. The van der Waals surface area contributed by atoms with E-state index in [1.807, 2.05) is 18.2 Å². The SMILES string of the molecule is CC(C)(C)c1ccccc1P(=O)(c1ccccc1C(C)(C)C)c1ccccc1C(C)(C)C. The van der Waals surface area contributed by atoms with Gasteiger partial charge in [-0.05, 0) is 32.9 Å². The van der Waals surface area contributed by atoms with E-state index in [2.05, 4.69) is 117 Å². The van der Waals surface area contributed by atoms with E-state index in [1.165, 1.54) is 0 Å². The summed E-state index contributed by atoms with van der Waals surface area (Å²) in [6.45, 7) is 19.9. The molecule has 3 aromatic carbocycles. The lowest BCUT2D eigenvalue weighted by Gasteiger charge is -2.34. The molecule has 0 atom stereocenters. The molecule has 0 bridgehead atoms. The summed E-state index contributed by atoms with van der Waals surface area (Å²) in [5.74, 6) is 0. The third kappa shape index (κ3) is 4.51. The molecule has 0 N–H and O–H groups in total. The van der Waals surface area contributed by atoms with E-state index in [0.717, 1.165) is 32.6 Å². The monoisotopic (exact) mass is 446 g/mol. The first-order valence-corrected chi connectivity index (χ1v) is 13.3. The van der Waals surface area contributed by atoms with Crippen molar-refractivity contribution in [2.45, 2.75) is 78.6 Å². The number of hydrogen-bond acceptors (Lipinski definition) is 1. The van der Waals surface area contributed by atoms with E-state index in [1.54, 1.807) is 0 Å². The van der Waals surface area contributed by atoms with Crippen molar-refractivity contribution in [2.24, 2.45) is 0 Å². The molecule has 0 unspecified atom stereocenters. The smallest absolute Gasteiger partial charge is 0.171 e. The van der Waals surface area contributed by atoms with E-state index in [4.69, 9.17) is 0 Å². The molecular weight excluding hydrogens is 407 g/mol. The number of hydrogen-bond donors (Lipinski definition) is 0. The zero-order valence-electron chi connectivity index (χ0n) is 21.3. The highest BCUT2D eigenvalue weighted by Crippen LogP contribution is 2.49. The lowest BCUT2D eigenvalue weighted by Crippen LogP contribution is -2.37. The second-order valence-electron chi connectivity index (χ2n) is 11.9. The van der Waals surface area contributed by atoms with Gasteiger partial charge in [0.2, 0.25) is 0 Å². The predicted octanol–water partition coefficient (Wildman–Crippen LogP) is 7.22. The Balaban J connectivity index is 2.56. The molecule has 0 aliphatic heterocycles. The highest BCUT2D eigenvalue weighted by atomic mass is 31.2. The van der Waals surface area contributed by atoms with Crippen LogP contribution in [0.5, 0.6) is 0 Å². The van der Waals surface area contributed by atoms with Gasteiger partial charge in [0.15, 0.2) is 7.14 Å². The lowest BCUT2D eigenvalue weighted by molar-refractivity contribution is 0.575. The second-order valence-corrected chi connectivity index (χ2v) is 14.6. The van der Waals surface area contributed by atoms with Gasteiger partial charge in [0.1, 0.15) is 0 Å². The Hall–Kier alpha value is -2.11. The normalized spacial score (nSPS) is 13.3. The van der Waals surface area contributed by atoms with Gasteiger partial charge in [0, 0.05) is 15.9 Å². The molecule has 170 valence electrons. The molecule has 3 aromatic rings. The standard InChI is InChI=1S/C30H39OP/c1-28(2,3)22-16-10-13-19-25(22)32(31,26-20-14-11-17-23(26)29(4,5)6)27-21-15-12-18-24(27)30(7,8)9/h10-21H,1-9H3. The average Bonchev–Trinajstić information content (AvgIpc) is 2.71. The van der Waals surface area contributed by atoms with Gasteiger partial charge in [-0.25, -0.2) is 0 Å². The van der Waals surface area contributed by atoms with Crippen LogP contribution < -0.4 is 15.9 Å². The minimum absolute atomic E-state index is 0.125. The van der Waals surface area contributed by atoms with Gasteiger partial charge in [-0.3, -0.25) is 0 Å². The summed E-state index contributed by atoms with van der Waals surface area (Å²) in [4.78, 5) is 0. The summed E-state index contributed by atoms with van der Waals surface area (Å²) in [6, 6.07) is 25.1. The Morgan fingerprint density at radius 1 is 0.438 bits per heavy atom. The fraction of sp³-hybridized carbons (Fsp3) is 0.400. The van der Waals surface area contributed by atoms with Crippen LogP contribution in [0.25, 0.3) is 0 Å². The van der Waals surface area contributed by atoms with Gasteiger partial charge in [-0.15, -0.1) is 0 Å². The molecule has 0 saturated heterocycles. The van der Waals surface area contributed by atoms with Gasteiger partial charge in [0.05, 0.1) is 0 Å². The van der Waals surface area contributed by atoms with E-state index in [9.17, 15) is 0 Å². The molecule has 32 heavy (non-hydrogen) atoms. The molecule has 0 aromatic heterocycles. The van der Waals surface area contributed by atoms with Crippen molar-refractivity contribution < 1.29 is 4.57 Å². The van der Waals surface area contributed by atoms with Gasteiger partial charge in [-0.2, -0.15) is 0 Å². The topological polar surface area (TPSA) is 17.1 Å². The lowest BCUT2D eigenvalue weighted by atomic mass is 9.87. The fourth-order valence-corrected chi connectivity index (χ4v) is 8.45. The zero-order chi connectivity index (χ0) is 23.9. The van der Waals surface area contributed by atoms with Gasteiger partial charge in [-0.1, -0.05) is 135 Å². The van der Waals surface area contributed by atoms with Gasteiger partial charge < -0.3 is 4.57 Å². The van der Waals surface area contributed by atoms with E-state index in [0.29, 0.717) is 0 Å². The van der Waals surface area contributed by atoms with Gasteiger partial charge >= 0.3 is 0 Å². The maximum atomic E-state index is 15.8. The largest absolute Gasteiger partial charge is 0.309 e. The molecular formula is C30H39OP. The molecule has 3 rings (SSSR count). The van der Waals surface area contributed by atoms with Crippen LogP contribution in [0.3, 0.4) is 0 Å². The van der Waals surface area contributed by atoms with Crippen LogP contribution in [0.2, 0.25) is 0 Å². The van der Waals surface area contributed by atoms with E-state index in [-0.39, 0.29) is 16.2 Å². The highest BCUT2D eigenvalue weighted by molar-refractivity contribution is 7.85. The molecule has 0 aliphatic carbocycles. The van der Waals surface area contributed by atoms with Crippen molar-refractivity contribution in [2.75, 3.05) is 0 Å². The van der Waals surface area contributed by atoms with Crippen LogP contribution >= 0.6 is 7.14 Å². The maximum Gasteiger partial charge on any atom is 0.171 e. The Kier molecular flexibility index (Phi) is 6.40. The fourth-order valence-electron chi connectivity index (χ4n) is 4.54. The maximum absolute atomic E-state index is 15.8. The first-order chi connectivity index (χ1) is 14.7. The third-order valence-corrected chi connectivity index (χ3v) is 9.36. The second kappa shape index (κ2) is 8.35. The Labute approximate surface area is 195 Å². The Morgan fingerprint density at radius 2 is 0.656 bits per heavy atom. The van der Waals surface area contributed by atoms with Crippen molar-refractivity contribution >= 4 is 23.1 Å². The van der Waals surface area contributed by atoms with E-state index < -0.39 is 7.14 Å². The first-order valence-electron chi connectivity index (χ1n) is 11.6. The van der Waals surface area contributed by atoms with Gasteiger partial charge in [0.25, 0.3) is 0 Å².